The molecule has 1 heterocycles. The molecule has 1 aromatic carbocycles. The van der Waals surface area contributed by atoms with E-state index < -0.39 is 17.6 Å². The van der Waals surface area contributed by atoms with E-state index in [-0.39, 0.29) is 12.2 Å². The number of halogens is 1. The summed E-state index contributed by atoms with van der Waals surface area (Å²) in [7, 11) is 1.34. The van der Waals surface area contributed by atoms with Crippen LogP contribution in [0, 0.1) is 0 Å². The van der Waals surface area contributed by atoms with Gasteiger partial charge in [-0.3, -0.25) is 9.36 Å². The van der Waals surface area contributed by atoms with Crippen LogP contribution in [0.4, 0.5) is 0 Å². The van der Waals surface area contributed by atoms with E-state index in [1.54, 1.807) is 12.1 Å². The molecule has 7 heteroatoms. The van der Waals surface area contributed by atoms with Crippen LogP contribution < -0.4 is 10.3 Å². The molecule has 1 aromatic heterocycles. The Kier molecular flexibility index (Phi) is 4.74. The Hall–Kier alpha value is -2.15. The molecule has 0 bridgehead atoms. The molecule has 0 fully saturated rings. The number of ether oxygens (including phenoxy) is 1. The molecule has 21 heavy (non-hydrogen) atoms. The quantitative estimate of drug-likeness (QED) is 0.888. The standard InChI is InChI=1S/C14H13BrN2O4/c1-21-12-7-16-8-17(13(12)18)11(14(19)20)6-9-2-4-10(15)5-3-9/h2-5,7-8,11H,6H2,1H3,(H,19,20). The van der Waals surface area contributed by atoms with E-state index in [0.29, 0.717) is 0 Å². The predicted octanol–water partition coefficient (Wildman–Crippen LogP) is 1.88. The minimum atomic E-state index is -1.10. The van der Waals surface area contributed by atoms with Gasteiger partial charge in [0.05, 0.1) is 19.6 Å². The number of rotatable bonds is 5. The van der Waals surface area contributed by atoms with Crippen LogP contribution in [-0.2, 0) is 11.2 Å². The molecule has 6 nitrogen and oxygen atoms in total. The summed E-state index contributed by atoms with van der Waals surface area (Å²) in [5.41, 5.74) is 0.289. The van der Waals surface area contributed by atoms with Gasteiger partial charge in [0.15, 0.2) is 0 Å². The molecule has 0 saturated heterocycles. The highest BCUT2D eigenvalue weighted by molar-refractivity contribution is 9.10. The SMILES string of the molecule is COc1cncn(C(Cc2ccc(Br)cc2)C(=O)O)c1=O. The molecule has 0 aliphatic carbocycles. The molecule has 1 atom stereocenters. The van der Waals surface area contributed by atoms with Gasteiger partial charge in [-0.15, -0.1) is 0 Å². The largest absolute Gasteiger partial charge is 0.490 e. The lowest BCUT2D eigenvalue weighted by molar-refractivity contribution is -0.141. The van der Waals surface area contributed by atoms with E-state index in [0.717, 1.165) is 14.6 Å². The maximum atomic E-state index is 12.1. The van der Waals surface area contributed by atoms with Crippen molar-refractivity contribution in [1.29, 1.82) is 0 Å². The highest BCUT2D eigenvalue weighted by Gasteiger charge is 2.22. The van der Waals surface area contributed by atoms with E-state index in [9.17, 15) is 14.7 Å². The fourth-order valence-electron chi connectivity index (χ4n) is 1.92. The Morgan fingerprint density at radius 3 is 2.67 bits per heavy atom. The van der Waals surface area contributed by atoms with Crippen LogP contribution in [0.15, 0.2) is 46.1 Å². The number of carboxylic acids is 1. The molecule has 1 N–H and O–H groups in total. The summed E-state index contributed by atoms with van der Waals surface area (Å²) in [4.78, 5) is 27.4. The zero-order valence-corrected chi connectivity index (χ0v) is 12.8. The van der Waals surface area contributed by atoms with Gasteiger partial charge in [0.2, 0.25) is 5.75 Å². The summed E-state index contributed by atoms with van der Waals surface area (Å²) in [5.74, 6) is -1.09. The Bertz CT molecular complexity index is 697. The maximum absolute atomic E-state index is 12.1. The van der Waals surface area contributed by atoms with Gasteiger partial charge in [0.1, 0.15) is 6.04 Å². The van der Waals surface area contributed by atoms with Crippen LogP contribution in [0.2, 0.25) is 0 Å². The second-order valence-corrected chi connectivity index (χ2v) is 5.27. The minimum absolute atomic E-state index is 0.0135. The topological polar surface area (TPSA) is 81.4 Å². The Morgan fingerprint density at radius 2 is 2.10 bits per heavy atom. The fraction of sp³-hybridized carbons (Fsp3) is 0.214. The van der Waals surface area contributed by atoms with Crippen molar-refractivity contribution in [2.75, 3.05) is 7.11 Å². The van der Waals surface area contributed by atoms with E-state index >= 15 is 0 Å². The van der Waals surface area contributed by atoms with Crippen LogP contribution in [0.3, 0.4) is 0 Å². The summed E-state index contributed by atoms with van der Waals surface area (Å²) in [6.07, 6.45) is 2.65. The highest BCUT2D eigenvalue weighted by Crippen LogP contribution is 2.17. The zero-order chi connectivity index (χ0) is 15.4. The number of carboxylic acid groups (broad SMARTS) is 1. The predicted molar refractivity (Wildman–Crippen MR) is 79.6 cm³/mol. The summed E-state index contributed by atoms with van der Waals surface area (Å²) in [6.45, 7) is 0. The second-order valence-electron chi connectivity index (χ2n) is 4.36. The van der Waals surface area contributed by atoms with Gasteiger partial charge in [0.25, 0.3) is 5.56 Å². The monoisotopic (exact) mass is 352 g/mol. The number of methoxy groups -OCH3 is 1. The van der Waals surface area contributed by atoms with Crippen LogP contribution in [0.5, 0.6) is 5.75 Å². The average Bonchev–Trinajstić information content (AvgIpc) is 2.47. The van der Waals surface area contributed by atoms with Crippen molar-refractivity contribution in [3.05, 3.63) is 57.2 Å². The van der Waals surface area contributed by atoms with Crippen molar-refractivity contribution < 1.29 is 14.6 Å². The van der Waals surface area contributed by atoms with Crippen LogP contribution in [0.25, 0.3) is 0 Å². The lowest BCUT2D eigenvalue weighted by Crippen LogP contribution is -2.31. The Morgan fingerprint density at radius 1 is 1.43 bits per heavy atom. The van der Waals surface area contributed by atoms with Crippen molar-refractivity contribution in [1.82, 2.24) is 9.55 Å². The number of nitrogens with zero attached hydrogens (tertiary/aromatic N) is 2. The van der Waals surface area contributed by atoms with Gasteiger partial charge in [-0.25, -0.2) is 9.78 Å². The normalized spacial score (nSPS) is 11.9. The lowest BCUT2D eigenvalue weighted by atomic mass is 10.1. The zero-order valence-electron chi connectivity index (χ0n) is 11.2. The third-order valence-electron chi connectivity index (χ3n) is 3.01. The van der Waals surface area contributed by atoms with Gasteiger partial charge < -0.3 is 9.84 Å². The number of hydrogen-bond acceptors (Lipinski definition) is 4. The van der Waals surface area contributed by atoms with E-state index in [1.807, 2.05) is 12.1 Å². The first-order valence-electron chi connectivity index (χ1n) is 6.10. The first-order chi connectivity index (χ1) is 10.0. The smallest absolute Gasteiger partial charge is 0.327 e. The van der Waals surface area contributed by atoms with Gasteiger partial charge >= 0.3 is 5.97 Å². The third-order valence-corrected chi connectivity index (χ3v) is 3.54. The Balaban J connectivity index is 2.38. The number of aliphatic carboxylic acids is 1. The van der Waals surface area contributed by atoms with E-state index in [2.05, 4.69) is 20.9 Å². The van der Waals surface area contributed by atoms with Crippen molar-refractivity contribution in [2.24, 2.45) is 0 Å². The summed E-state index contributed by atoms with van der Waals surface area (Å²) < 4.78 is 6.86. The minimum Gasteiger partial charge on any atom is -0.490 e. The van der Waals surface area contributed by atoms with Crippen LogP contribution in [-0.4, -0.2) is 27.7 Å². The third kappa shape index (κ3) is 3.49. The molecule has 0 amide bonds. The van der Waals surface area contributed by atoms with Gasteiger partial charge in [0, 0.05) is 10.9 Å². The number of carbonyl (C=O) groups is 1. The summed E-state index contributed by atoms with van der Waals surface area (Å²) in [5, 5.41) is 9.39. The summed E-state index contributed by atoms with van der Waals surface area (Å²) in [6, 6.07) is 6.21. The highest BCUT2D eigenvalue weighted by atomic mass is 79.9. The van der Waals surface area contributed by atoms with Crippen LogP contribution >= 0.6 is 15.9 Å². The van der Waals surface area contributed by atoms with Crippen molar-refractivity contribution in [3.63, 3.8) is 0 Å². The van der Waals surface area contributed by atoms with E-state index in [4.69, 9.17) is 4.74 Å². The molecule has 0 aliphatic rings. The maximum Gasteiger partial charge on any atom is 0.327 e. The first-order valence-corrected chi connectivity index (χ1v) is 6.89. The molecule has 0 spiro atoms. The summed E-state index contributed by atoms with van der Waals surface area (Å²) >= 11 is 3.32. The van der Waals surface area contributed by atoms with Crippen molar-refractivity contribution >= 4 is 21.9 Å². The molecule has 2 rings (SSSR count). The van der Waals surface area contributed by atoms with Gasteiger partial charge in [-0.1, -0.05) is 28.1 Å². The lowest BCUT2D eigenvalue weighted by Gasteiger charge is -2.15. The van der Waals surface area contributed by atoms with Gasteiger partial charge in [-0.2, -0.15) is 0 Å². The molecular weight excluding hydrogens is 340 g/mol. The van der Waals surface area contributed by atoms with Gasteiger partial charge in [-0.05, 0) is 17.7 Å². The molecule has 2 aromatic rings. The van der Waals surface area contributed by atoms with Crippen molar-refractivity contribution in [2.45, 2.75) is 12.5 Å². The van der Waals surface area contributed by atoms with Crippen LogP contribution in [0.1, 0.15) is 11.6 Å². The molecule has 0 aliphatic heterocycles. The molecule has 0 saturated carbocycles. The van der Waals surface area contributed by atoms with Crippen molar-refractivity contribution in [3.8, 4) is 5.75 Å². The molecule has 0 radical (unpaired) electrons. The molecule has 1 unspecified atom stereocenters. The average molecular weight is 353 g/mol. The molecular formula is C14H13BrN2O4. The number of aromatic nitrogens is 2. The number of benzene rings is 1. The first kappa shape index (κ1) is 15.2. The van der Waals surface area contributed by atoms with E-state index in [1.165, 1.54) is 19.6 Å². The second kappa shape index (κ2) is 6.53. The fourth-order valence-corrected chi connectivity index (χ4v) is 2.18. The number of hydrogen-bond donors (Lipinski definition) is 1. The Labute approximate surface area is 129 Å². The molecule has 110 valence electrons.